The molecule has 0 saturated heterocycles. The third-order valence-electron chi connectivity index (χ3n) is 3.77. The van der Waals surface area contributed by atoms with Crippen molar-refractivity contribution in [1.82, 2.24) is 0 Å². The van der Waals surface area contributed by atoms with Gasteiger partial charge in [-0.15, -0.1) is 12.4 Å². The number of carbonyl (C=O) groups is 1. The van der Waals surface area contributed by atoms with E-state index in [1.54, 1.807) is 43.5 Å². The van der Waals surface area contributed by atoms with Crippen LogP contribution >= 0.6 is 12.4 Å². The number of carboxylic acids is 1. The van der Waals surface area contributed by atoms with Crippen LogP contribution in [0.25, 0.3) is 0 Å². The highest BCUT2D eigenvalue weighted by Gasteiger charge is 2.20. The van der Waals surface area contributed by atoms with Crippen LogP contribution < -0.4 is 15.8 Å². The summed E-state index contributed by atoms with van der Waals surface area (Å²) in [7, 11) is 1.59. The largest absolute Gasteiger partial charge is 0.496 e. The van der Waals surface area contributed by atoms with Crippen LogP contribution in [0.15, 0.2) is 42.5 Å². The lowest BCUT2D eigenvalue weighted by Crippen LogP contribution is -2.21. The van der Waals surface area contributed by atoms with E-state index >= 15 is 0 Å². The predicted octanol–water partition coefficient (Wildman–Crippen LogP) is 3.20. The molecular formula is C18H22ClN3O3. The number of nitrogens with one attached hydrogen (secondary N) is 2. The second-order valence-corrected chi connectivity index (χ2v) is 5.33. The molecule has 0 radical (unpaired) electrons. The van der Waals surface area contributed by atoms with Crippen molar-refractivity contribution in [2.45, 2.75) is 19.4 Å². The summed E-state index contributed by atoms with van der Waals surface area (Å²) in [5.74, 6) is -0.256. The van der Waals surface area contributed by atoms with Crippen LogP contribution in [0.2, 0.25) is 0 Å². The van der Waals surface area contributed by atoms with Crippen LogP contribution in [0, 0.1) is 5.41 Å². The number of hydrogen-bond acceptors (Lipinski definition) is 4. The molecule has 1 unspecified atom stereocenters. The quantitative estimate of drug-likeness (QED) is 0.446. The zero-order valence-electron chi connectivity index (χ0n) is 14.1. The highest BCUT2D eigenvalue weighted by molar-refractivity contribution is 5.95. The fourth-order valence-corrected chi connectivity index (χ4v) is 2.45. The van der Waals surface area contributed by atoms with Gasteiger partial charge in [0, 0.05) is 11.3 Å². The molecule has 0 aliphatic heterocycles. The number of benzene rings is 2. The van der Waals surface area contributed by atoms with Gasteiger partial charge in [-0.05, 0) is 53.9 Å². The van der Waals surface area contributed by atoms with E-state index in [1.807, 2.05) is 13.0 Å². The fraction of sp³-hybridized carbons (Fsp3) is 0.222. The summed E-state index contributed by atoms with van der Waals surface area (Å²) in [6.45, 7) is 1.99. The van der Waals surface area contributed by atoms with Crippen molar-refractivity contribution in [3.8, 4) is 5.75 Å². The zero-order chi connectivity index (χ0) is 17.7. The molecule has 1 atom stereocenters. The SMILES string of the molecule is CCc1cc(C(Nc2ccc(C(=N)N)cc2)C(=O)O)ccc1OC.Cl. The van der Waals surface area contributed by atoms with Gasteiger partial charge in [-0.1, -0.05) is 13.0 Å². The fourth-order valence-electron chi connectivity index (χ4n) is 2.45. The molecule has 0 bridgehead atoms. The Morgan fingerprint density at radius 1 is 1.28 bits per heavy atom. The number of ether oxygens (including phenoxy) is 1. The minimum Gasteiger partial charge on any atom is -0.496 e. The van der Waals surface area contributed by atoms with Crippen molar-refractivity contribution in [2.75, 3.05) is 12.4 Å². The molecule has 2 aromatic carbocycles. The van der Waals surface area contributed by atoms with Gasteiger partial charge in [0.05, 0.1) is 7.11 Å². The lowest BCUT2D eigenvalue weighted by atomic mass is 10.0. The Morgan fingerprint density at radius 2 is 1.92 bits per heavy atom. The number of nitrogens with two attached hydrogens (primary N) is 1. The van der Waals surface area contributed by atoms with Crippen LogP contribution in [0.1, 0.15) is 29.7 Å². The number of amidine groups is 1. The Hall–Kier alpha value is -2.73. The van der Waals surface area contributed by atoms with Crippen molar-refractivity contribution in [3.05, 3.63) is 59.2 Å². The van der Waals surface area contributed by atoms with E-state index in [0.717, 1.165) is 17.7 Å². The smallest absolute Gasteiger partial charge is 0.330 e. The summed E-state index contributed by atoms with van der Waals surface area (Å²) in [6.07, 6.45) is 0.747. The van der Waals surface area contributed by atoms with Crippen molar-refractivity contribution in [3.63, 3.8) is 0 Å². The molecule has 25 heavy (non-hydrogen) atoms. The van der Waals surface area contributed by atoms with Gasteiger partial charge in [-0.25, -0.2) is 4.79 Å². The lowest BCUT2D eigenvalue weighted by molar-refractivity contribution is -0.138. The second kappa shape index (κ2) is 8.94. The average molecular weight is 364 g/mol. The maximum atomic E-state index is 11.7. The lowest BCUT2D eigenvalue weighted by Gasteiger charge is -2.18. The number of methoxy groups -OCH3 is 1. The van der Waals surface area contributed by atoms with E-state index in [2.05, 4.69) is 5.32 Å². The van der Waals surface area contributed by atoms with Crippen molar-refractivity contribution in [2.24, 2.45) is 5.73 Å². The van der Waals surface area contributed by atoms with Crippen molar-refractivity contribution in [1.29, 1.82) is 5.41 Å². The average Bonchev–Trinajstić information content (AvgIpc) is 2.59. The van der Waals surface area contributed by atoms with E-state index in [1.165, 1.54) is 0 Å². The first-order valence-corrected chi connectivity index (χ1v) is 7.56. The van der Waals surface area contributed by atoms with E-state index in [-0.39, 0.29) is 18.2 Å². The number of hydrogen-bond donors (Lipinski definition) is 4. The third kappa shape index (κ3) is 4.87. The molecule has 5 N–H and O–H groups in total. The molecule has 134 valence electrons. The van der Waals surface area contributed by atoms with Crippen LogP contribution in [0.3, 0.4) is 0 Å². The molecule has 2 aromatic rings. The van der Waals surface area contributed by atoms with Gasteiger partial charge >= 0.3 is 5.97 Å². The summed E-state index contributed by atoms with van der Waals surface area (Å²) in [4.78, 5) is 11.7. The minimum atomic E-state index is -0.974. The first kappa shape index (κ1) is 20.3. The van der Waals surface area contributed by atoms with Gasteiger partial charge in [-0.3, -0.25) is 5.41 Å². The Labute approximate surface area is 152 Å². The molecule has 0 spiro atoms. The molecule has 6 nitrogen and oxygen atoms in total. The molecule has 2 rings (SSSR count). The maximum Gasteiger partial charge on any atom is 0.330 e. The zero-order valence-corrected chi connectivity index (χ0v) is 14.9. The second-order valence-electron chi connectivity index (χ2n) is 5.33. The predicted molar refractivity (Wildman–Crippen MR) is 101 cm³/mol. The molecule has 0 aliphatic rings. The van der Waals surface area contributed by atoms with Crippen LogP contribution in [0.4, 0.5) is 5.69 Å². The third-order valence-corrected chi connectivity index (χ3v) is 3.77. The number of anilines is 1. The Morgan fingerprint density at radius 3 is 2.40 bits per heavy atom. The minimum absolute atomic E-state index is 0. The Kier molecular flexibility index (Phi) is 7.26. The van der Waals surface area contributed by atoms with E-state index < -0.39 is 12.0 Å². The van der Waals surface area contributed by atoms with Gasteiger partial charge < -0.3 is 20.9 Å². The summed E-state index contributed by atoms with van der Waals surface area (Å²) in [5.41, 5.74) is 8.25. The standard InChI is InChI=1S/C18H21N3O3.ClH/c1-3-11-10-13(6-9-15(11)24-2)16(18(22)23)21-14-7-4-12(5-8-14)17(19)20;/h4-10,16,21H,3H2,1-2H3,(H3,19,20)(H,22,23);1H. The number of carboxylic acid groups (broad SMARTS) is 1. The molecular weight excluding hydrogens is 342 g/mol. The molecule has 7 heteroatoms. The molecule has 0 amide bonds. The van der Waals surface area contributed by atoms with Gasteiger partial charge in [0.15, 0.2) is 6.04 Å². The highest BCUT2D eigenvalue weighted by atomic mass is 35.5. The number of rotatable bonds is 7. The van der Waals surface area contributed by atoms with Crippen molar-refractivity contribution >= 4 is 29.9 Å². The van der Waals surface area contributed by atoms with E-state index in [9.17, 15) is 9.90 Å². The first-order valence-electron chi connectivity index (χ1n) is 7.56. The topological polar surface area (TPSA) is 108 Å². The Balaban J connectivity index is 0.00000312. The van der Waals surface area contributed by atoms with Crippen molar-refractivity contribution < 1.29 is 14.6 Å². The number of aliphatic carboxylic acids is 1. The number of nitrogen functional groups attached to an aromatic ring is 1. The molecule has 0 fully saturated rings. The van der Waals surface area contributed by atoms with E-state index in [0.29, 0.717) is 16.8 Å². The first-order chi connectivity index (χ1) is 11.5. The van der Waals surface area contributed by atoms with Crippen LogP contribution in [-0.4, -0.2) is 24.0 Å². The summed E-state index contributed by atoms with van der Waals surface area (Å²) in [5, 5.41) is 20.0. The van der Waals surface area contributed by atoms with Gasteiger partial charge in [0.25, 0.3) is 0 Å². The number of aryl methyl sites for hydroxylation is 1. The molecule has 0 aliphatic carbocycles. The highest BCUT2D eigenvalue weighted by Crippen LogP contribution is 2.26. The molecule has 0 saturated carbocycles. The summed E-state index contributed by atoms with van der Waals surface area (Å²) in [6, 6.07) is 11.2. The van der Waals surface area contributed by atoms with Gasteiger partial charge in [0.2, 0.25) is 0 Å². The van der Waals surface area contributed by atoms with Crippen LogP contribution in [0.5, 0.6) is 5.75 Å². The normalized spacial score (nSPS) is 11.1. The van der Waals surface area contributed by atoms with E-state index in [4.69, 9.17) is 15.9 Å². The summed E-state index contributed by atoms with van der Waals surface area (Å²) < 4.78 is 5.29. The summed E-state index contributed by atoms with van der Waals surface area (Å²) >= 11 is 0. The molecule has 0 aromatic heterocycles. The van der Waals surface area contributed by atoms with Gasteiger partial charge in [-0.2, -0.15) is 0 Å². The maximum absolute atomic E-state index is 11.7. The Bertz CT molecular complexity index is 748. The van der Waals surface area contributed by atoms with Crippen LogP contribution in [-0.2, 0) is 11.2 Å². The monoisotopic (exact) mass is 363 g/mol. The molecule has 0 heterocycles. The number of halogens is 1. The van der Waals surface area contributed by atoms with Gasteiger partial charge in [0.1, 0.15) is 11.6 Å².